The lowest BCUT2D eigenvalue weighted by atomic mass is 10.3. The summed E-state index contributed by atoms with van der Waals surface area (Å²) in [7, 11) is 0. The Morgan fingerprint density at radius 1 is 1.47 bits per heavy atom. The van der Waals surface area contributed by atoms with Crippen LogP contribution in [0.5, 0.6) is 0 Å². The number of pyridine rings is 1. The van der Waals surface area contributed by atoms with Gasteiger partial charge in [-0.05, 0) is 28.1 Å². The molecule has 0 bridgehead atoms. The molecule has 0 fully saturated rings. The van der Waals surface area contributed by atoms with Crippen molar-refractivity contribution in [1.82, 2.24) is 10.3 Å². The molecule has 3 nitrogen and oxygen atoms in total. The summed E-state index contributed by atoms with van der Waals surface area (Å²) in [5.74, 6) is -0.799. The molecule has 0 aromatic carbocycles. The molecule has 0 aliphatic heterocycles. The molecule has 0 aliphatic rings. The first-order chi connectivity index (χ1) is 6.88. The predicted molar refractivity (Wildman–Crippen MR) is 50.3 cm³/mol. The fraction of sp³-hybridized carbons (Fsp3) is 0.250. The van der Waals surface area contributed by atoms with Gasteiger partial charge in [0.2, 0.25) is 0 Å². The van der Waals surface area contributed by atoms with Crippen LogP contribution in [0.3, 0.4) is 0 Å². The number of aromatic nitrogens is 1. The van der Waals surface area contributed by atoms with E-state index in [1.807, 2.05) is 0 Å². The van der Waals surface area contributed by atoms with Crippen LogP contribution in [0.4, 0.5) is 13.2 Å². The quantitative estimate of drug-likeness (QED) is 0.845. The monoisotopic (exact) mass is 282 g/mol. The summed E-state index contributed by atoms with van der Waals surface area (Å²) in [5, 5.41) is 1.74. The van der Waals surface area contributed by atoms with Gasteiger partial charge in [-0.25, -0.2) is 4.98 Å². The van der Waals surface area contributed by atoms with Gasteiger partial charge in [0.25, 0.3) is 5.91 Å². The van der Waals surface area contributed by atoms with Crippen LogP contribution in [0, 0.1) is 0 Å². The number of hydrogen-bond acceptors (Lipinski definition) is 2. The van der Waals surface area contributed by atoms with Crippen molar-refractivity contribution in [3.63, 3.8) is 0 Å². The number of nitrogens with zero attached hydrogens (tertiary/aromatic N) is 1. The molecule has 0 unspecified atom stereocenters. The topological polar surface area (TPSA) is 42.0 Å². The maximum absolute atomic E-state index is 11.8. The standard InChI is InChI=1S/C8H6BrF3N2O/c9-6-2-1-5(3-13-6)7(15)14-4-8(10,11)12/h1-3H,4H2,(H,14,15). The molecule has 1 aromatic rings. The van der Waals surface area contributed by atoms with Gasteiger partial charge in [-0.15, -0.1) is 0 Å². The minimum Gasteiger partial charge on any atom is -0.343 e. The molecule has 1 N–H and O–H groups in total. The first-order valence-corrected chi connectivity index (χ1v) is 4.64. The van der Waals surface area contributed by atoms with E-state index < -0.39 is 18.6 Å². The molecule has 0 saturated carbocycles. The molecule has 82 valence electrons. The number of amides is 1. The SMILES string of the molecule is O=C(NCC(F)(F)F)c1ccc(Br)nc1. The molecule has 1 aromatic heterocycles. The van der Waals surface area contributed by atoms with Crippen molar-refractivity contribution in [1.29, 1.82) is 0 Å². The van der Waals surface area contributed by atoms with E-state index in [1.54, 1.807) is 5.32 Å². The Balaban J connectivity index is 2.58. The van der Waals surface area contributed by atoms with Crippen LogP contribution in [-0.4, -0.2) is 23.6 Å². The van der Waals surface area contributed by atoms with Gasteiger partial charge >= 0.3 is 6.18 Å². The Kier molecular flexibility index (Phi) is 3.67. The van der Waals surface area contributed by atoms with Crippen LogP contribution >= 0.6 is 15.9 Å². The van der Waals surface area contributed by atoms with Crippen LogP contribution < -0.4 is 5.32 Å². The summed E-state index contributed by atoms with van der Waals surface area (Å²) in [6.07, 6.45) is -3.21. The zero-order chi connectivity index (χ0) is 11.5. The van der Waals surface area contributed by atoms with Crippen LogP contribution in [0.1, 0.15) is 10.4 Å². The number of hydrogen-bond donors (Lipinski definition) is 1. The van der Waals surface area contributed by atoms with Gasteiger partial charge in [-0.1, -0.05) is 0 Å². The van der Waals surface area contributed by atoms with E-state index in [2.05, 4.69) is 20.9 Å². The maximum Gasteiger partial charge on any atom is 0.405 e. The number of nitrogens with one attached hydrogen (secondary N) is 1. The van der Waals surface area contributed by atoms with E-state index in [4.69, 9.17) is 0 Å². The number of carbonyl (C=O) groups excluding carboxylic acids is 1. The van der Waals surface area contributed by atoms with Gasteiger partial charge in [0.05, 0.1) is 5.56 Å². The Labute approximate surface area is 91.8 Å². The van der Waals surface area contributed by atoms with Gasteiger partial charge in [0, 0.05) is 6.20 Å². The molecule has 15 heavy (non-hydrogen) atoms. The number of rotatable bonds is 2. The van der Waals surface area contributed by atoms with Gasteiger partial charge in [0.15, 0.2) is 0 Å². The van der Waals surface area contributed by atoms with Crippen molar-refractivity contribution < 1.29 is 18.0 Å². The summed E-state index contributed by atoms with van der Waals surface area (Å²) in [5.41, 5.74) is 0.0856. The third kappa shape index (κ3) is 4.28. The second-order valence-electron chi connectivity index (χ2n) is 2.67. The molecule has 0 atom stereocenters. The molecular formula is C8H6BrF3N2O. The summed E-state index contributed by atoms with van der Waals surface area (Å²) >= 11 is 3.04. The molecular weight excluding hydrogens is 277 g/mol. The van der Waals surface area contributed by atoms with Crippen LogP contribution in [0.25, 0.3) is 0 Å². The predicted octanol–water partition coefficient (Wildman–Crippen LogP) is 2.14. The van der Waals surface area contributed by atoms with Gasteiger partial charge in [0.1, 0.15) is 11.1 Å². The highest BCUT2D eigenvalue weighted by atomic mass is 79.9. The number of alkyl halides is 3. The molecule has 0 aliphatic carbocycles. The lowest BCUT2D eigenvalue weighted by molar-refractivity contribution is -0.123. The second-order valence-corrected chi connectivity index (χ2v) is 3.48. The zero-order valence-corrected chi connectivity index (χ0v) is 8.89. The molecule has 0 spiro atoms. The van der Waals surface area contributed by atoms with Gasteiger partial charge in [-0.2, -0.15) is 13.2 Å². The minimum atomic E-state index is -4.40. The maximum atomic E-state index is 11.8. The Bertz CT molecular complexity index is 350. The molecule has 7 heteroatoms. The van der Waals surface area contributed by atoms with Crippen molar-refractivity contribution in [2.75, 3.05) is 6.54 Å². The van der Waals surface area contributed by atoms with Gasteiger partial charge < -0.3 is 5.32 Å². The largest absolute Gasteiger partial charge is 0.405 e. The highest BCUT2D eigenvalue weighted by Gasteiger charge is 2.27. The van der Waals surface area contributed by atoms with E-state index in [9.17, 15) is 18.0 Å². The van der Waals surface area contributed by atoms with Gasteiger partial charge in [-0.3, -0.25) is 4.79 Å². The fourth-order valence-electron chi connectivity index (χ4n) is 0.793. The van der Waals surface area contributed by atoms with E-state index in [0.717, 1.165) is 0 Å². The zero-order valence-electron chi connectivity index (χ0n) is 7.31. The third-order valence-electron chi connectivity index (χ3n) is 1.44. The lowest BCUT2D eigenvalue weighted by Gasteiger charge is -2.07. The third-order valence-corrected chi connectivity index (χ3v) is 1.91. The van der Waals surface area contributed by atoms with Crippen molar-refractivity contribution >= 4 is 21.8 Å². The van der Waals surface area contributed by atoms with Crippen LogP contribution in [-0.2, 0) is 0 Å². The average Bonchev–Trinajstić information content (AvgIpc) is 2.14. The lowest BCUT2D eigenvalue weighted by Crippen LogP contribution is -2.33. The minimum absolute atomic E-state index is 0.0856. The number of carbonyl (C=O) groups is 1. The highest BCUT2D eigenvalue weighted by Crippen LogP contribution is 2.13. The van der Waals surface area contributed by atoms with E-state index in [0.29, 0.717) is 4.60 Å². The molecule has 1 amide bonds. The highest BCUT2D eigenvalue weighted by molar-refractivity contribution is 9.10. The van der Waals surface area contributed by atoms with Crippen molar-refractivity contribution in [2.24, 2.45) is 0 Å². The fourth-order valence-corrected chi connectivity index (χ4v) is 1.03. The molecule has 0 radical (unpaired) electrons. The summed E-state index contributed by atoms with van der Waals surface area (Å²) in [4.78, 5) is 14.9. The average molecular weight is 283 g/mol. The molecule has 1 rings (SSSR count). The van der Waals surface area contributed by atoms with Crippen molar-refractivity contribution in [3.8, 4) is 0 Å². The van der Waals surface area contributed by atoms with E-state index in [-0.39, 0.29) is 5.56 Å². The van der Waals surface area contributed by atoms with Crippen molar-refractivity contribution in [2.45, 2.75) is 6.18 Å². The number of halogens is 4. The van der Waals surface area contributed by atoms with Crippen molar-refractivity contribution in [3.05, 3.63) is 28.5 Å². The smallest absolute Gasteiger partial charge is 0.343 e. The summed E-state index contributed by atoms with van der Waals surface area (Å²) in [6.45, 7) is -1.35. The second kappa shape index (κ2) is 4.61. The Hall–Kier alpha value is -1.11. The van der Waals surface area contributed by atoms with Crippen LogP contribution in [0.15, 0.2) is 22.9 Å². The molecule has 0 saturated heterocycles. The Morgan fingerprint density at radius 2 is 2.13 bits per heavy atom. The van der Waals surface area contributed by atoms with E-state index in [1.165, 1.54) is 18.3 Å². The summed E-state index contributed by atoms with van der Waals surface area (Å²) < 4.78 is 35.8. The molecule has 1 heterocycles. The first kappa shape index (κ1) is 12.0. The normalized spacial score (nSPS) is 11.2. The van der Waals surface area contributed by atoms with Crippen LogP contribution in [0.2, 0.25) is 0 Å². The first-order valence-electron chi connectivity index (χ1n) is 3.85. The Morgan fingerprint density at radius 3 is 2.60 bits per heavy atom. The summed E-state index contributed by atoms with van der Waals surface area (Å²) in [6, 6.07) is 2.85. The van der Waals surface area contributed by atoms with E-state index >= 15 is 0 Å².